The molecule has 1 aromatic rings. The molecule has 1 fully saturated rings. The summed E-state index contributed by atoms with van der Waals surface area (Å²) in [6.45, 7) is 6.55. The van der Waals surface area contributed by atoms with Crippen molar-refractivity contribution in [2.45, 2.75) is 20.3 Å². The van der Waals surface area contributed by atoms with Crippen molar-refractivity contribution in [2.75, 3.05) is 39.8 Å². The molecule has 0 aliphatic carbocycles. The maximum Gasteiger partial charge on any atom is 0.317 e. The minimum atomic E-state index is -0.119. The Morgan fingerprint density at radius 3 is 2.42 bits per heavy atom. The maximum absolute atomic E-state index is 12.8. The Labute approximate surface area is 147 Å². The Morgan fingerprint density at radius 1 is 1.21 bits per heavy atom. The second-order valence-corrected chi connectivity index (χ2v) is 6.25. The molecule has 6 nitrogen and oxygen atoms in total. The lowest BCUT2D eigenvalue weighted by atomic mass is 10.1. The third kappa shape index (κ3) is 4.12. The number of aryl methyl sites for hydroxylation is 1. The van der Waals surface area contributed by atoms with Crippen molar-refractivity contribution >= 4 is 23.5 Å². The van der Waals surface area contributed by atoms with Crippen molar-refractivity contribution < 1.29 is 14.3 Å². The molecule has 3 amide bonds. The summed E-state index contributed by atoms with van der Waals surface area (Å²) in [6, 6.07) is 3.34. The number of methoxy groups -OCH3 is 1. The van der Waals surface area contributed by atoms with Crippen LogP contribution in [0, 0.1) is 6.92 Å². The normalized spacial score (nSPS) is 14.5. The van der Waals surface area contributed by atoms with E-state index in [1.54, 1.807) is 29.0 Å². The molecule has 0 saturated carbocycles. The predicted molar refractivity (Wildman–Crippen MR) is 93.9 cm³/mol. The van der Waals surface area contributed by atoms with Gasteiger partial charge in [-0.25, -0.2) is 4.79 Å². The number of nitrogens with zero attached hydrogens (tertiary/aromatic N) is 2. The van der Waals surface area contributed by atoms with Gasteiger partial charge >= 0.3 is 6.03 Å². The first kappa shape index (κ1) is 18.4. The van der Waals surface area contributed by atoms with Crippen LogP contribution in [0.4, 0.5) is 4.79 Å². The summed E-state index contributed by atoms with van der Waals surface area (Å²) in [5.74, 6) is 0.429. The Bertz CT molecular complexity index is 613. The van der Waals surface area contributed by atoms with Gasteiger partial charge < -0.3 is 19.9 Å². The summed E-state index contributed by atoms with van der Waals surface area (Å²) < 4.78 is 5.37. The number of nitrogens with one attached hydrogen (secondary N) is 1. The van der Waals surface area contributed by atoms with E-state index in [-0.39, 0.29) is 11.9 Å². The van der Waals surface area contributed by atoms with Crippen LogP contribution in [0.2, 0.25) is 5.02 Å². The summed E-state index contributed by atoms with van der Waals surface area (Å²) in [4.78, 5) is 28.2. The van der Waals surface area contributed by atoms with Gasteiger partial charge in [-0.05, 0) is 31.0 Å². The SMILES string of the molecule is CCCNC(=O)N1CCN(C(=O)c2cc(Cl)cc(C)c2OC)CC1. The van der Waals surface area contributed by atoms with E-state index in [1.165, 1.54) is 0 Å². The number of piperazine rings is 1. The Morgan fingerprint density at radius 2 is 1.83 bits per heavy atom. The molecule has 7 heteroatoms. The average Bonchev–Trinajstić information content (AvgIpc) is 2.58. The molecule has 0 atom stereocenters. The van der Waals surface area contributed by atoms with E-state index in [0.29, 0.717) is 49.1 Å². The fraction of sp³-hybridized carbons (Fsp3) is 0.529. The van der Waals surface area contributed by atoms with Crippen molar-refractivity contribution in [1.29, 1.82) is 0 Å². The summed E-state index contributed by atoms with van der Waals surface area (Å²) in [5, 5.41) is 3.37. The molecule has 0 aromatic heterocycles. The first-order chi connectivity index (χ1) is 11.5. The summed E-state index contributed by atoms with van der Waals surface area (Å²) in [6.07, 6.45) is 0.901. The van der Waals surface area contributed by atoms with Gasteiger partial charge in [-0.15, -0.1) is 0 Å². The highest BCUT2D eigenvalue weighted by atomic mass is 35.5. The van der Waals surface area contributed by atoms with Crippen LogP contribution in [0.5, 0.6) is 5.75 Å². The summed E-state index contributed by atoms with van der Waals surface area (Å²) in [5.41, 5.74) is 1.29. The lowest BCUT2D eigenvalue weighted by molar-refractivity contribution is 0.0661. The second-order valence-electron chi connectivity index (χ2n) is 5.81. The fourth-order valence-electron chi connectivity index (χ4n) is 2.79. The smallest absolute Gasteiger partial charge is 0.317 e. The van der Waals surface area contributed by atoms with Crippen molar-refractivity contribution in [1.82, 2.24) is 15.1 Å². The van der Waals surface area contributed by atoms with Gasteiger partial charge in [0.15, 0.2) is 0 Å². The van der Waals surface area contributed by atoms with E-state index < -0.39 is 0 Å². The number of carbonyl (C=O) groups excluding carboxylic acids is 2. The number of amides is 3. The molecule has 0 unspecified atom stereocenters. The molecular formula is C17H24ClN3O3. The zero-order chi connectivity index (χ0) is 17.7. The molecule has 24 heavy (non-hydrogen) atoms. The van der Waals surface area contributed by atoms with Crippen LogP contribution in [0.1, 0.15) is 29.3 Å². The third-order valence-corrected chi connectivity index (χ3v) is 4.27. The van der Waals surface area contributed by atoms with E-state index in [2.05, 4.69) is 5.32 Å². The predicted octanol–water partition coefficient (Wildman–Crippen LogP) is 2.53. The zero-order valence-electron chi connectivity index (χ0n) is 14.4. The number of ether oxygens (including phenoxy) is 1. The molecule has 132 valence electrons. The van der Waals surface area contributed by atoms with E-state index in [4.69, 9.17) is 16.3 Å². The largest absolute Gasteiger partial charge is 0.496 e. The van der Waals surface area contributed by atoms with Crippen molar-refractivity contribution in [2.24, 2.45) is 0 Å². The van der Waals surface area contributed by atoms with Crippen LogP contribution in [0.15, 0.2) is 12.1 Å². The lowest BCUT2D eigenvalue weighted by Gasteiger charge is -2.35. The maximum atomic E-state index is 12.8. The van der Waals surface area contributed by atoms with E-state index in [1.807, 2.05) is 13.8 Å². The molecule has 0 spiro atoms. The van der Waals surface area contributed by atoms with Crippen molar-refractivity contribution in [3.63, 3.8) is 0 Å². The van der Waals surface area contributed by atoms with Crippen LogP contribution in [-0.2, 0) is 0 Å². The minimum absolute atomic E-state index is 0.0693. The number of urea groups is 1. The fourth-order valence-corrected chi connectivity index (χ4v) is 3.06. The Kier molecular flexibility index (Phi) is 6.31. The van der Waals surface area contributed by atoms with Crippen LogP contribution in [0.25, 0.3) is 0 Å². The van der Waals surface area contributed by atoms with E-state index >= 15 is 0 Å². The number of benzene rings is 1. The average molecular weight is 354 g/mol. The van der Waals surface area contributed by atoms with Crippen molar-refractivity contribution in [3.05, 3.63) is 28.3 Å². The minimum Gasteiger partial charge on any atom is -0.496 e. The number of hydrogen-bond acceptors (Lipinski definition) is 3. The third-order valence-electron chi connectivity index (χ3n) is 4.05. The summed E-state index contributed by atoms with van der Waals surface area (Å²) >= 11 is 6.09. The Balaban J connectivity index is 2.04. The highest BCUT2D eigenvalue weighted by Gasteiger charge is 2.27. The monoisotopic (exact) mass is 353 g/mol. The lowest BCUT2D eigenvalue weighted by Crippen LogP contribution is -2.53. The van der Waals surface area contributed by atoms with Gasteiger partial charge in [0, 0.05) is 37.7 Å². The number of hydrogen-bond donors (Lipinski definition) is 1. The van der Waals surface area contributed by atoms with E-state index in [9.17, 15) is 9.59 Å². The molecular weight excluding hydrogens is 330 g/mol. The first-order valence-electron chi connectivity index (χ1n) is 8.14. The molecule has 0 radical (unpaired) electrons. The molecule has 2 rings (SSSR count). The van der Waals surface area contributed by atoms with Gasteiger partial charge in [0.2, 0.25) is 0 Å². The van der Waals surface area contributed by atoms with Crippen LogP contribution >= 0.6 is 11.6 Å². The molecule has 1 saturated heterocycles. The quantitative estimate of drug-likeness (QED) is 0.904. The van der Waals surface area contributed by atoms with Gasteiger partial charge in [0.25, 0.3) is 5.91 Å². The van der Waals surface area contributed by atoms with Gasteiger partial charge in [0.05, 0.1) is 12.7 Å². The van der Waals surface area contributed by atoms with Gasteiger partial charge in [-0.2, -0.15) is 0 Å². The highest BCUT2D eigenvalue weighted by molar-refractivity contribution is 6.31. The number of rotatable bonds is 4. The van der Waals surface area contributed by atoms with Gasteiger partial charge in [0.1, 0.15) is 5.75 Å². The number of carbonyl (C=O) groups is 2. The molecule has 1 N–H and O–H groups in total. The first-order valence-corrected chi connectivity index (χ1v) is 8.52. The van der Waals surface area contributed by atoms with Crippen LogP contribution < -0.4 is 10.1 Å². The molecule has 0 bridgehead atoms. The summed E-state index contributed by atoms with van der Waals surface area (Å²) in [7, 11) is 1.54. The highest BCUT2D eigenvalue weighted by Crippen LogP contribution is 2.28. The van der Waals surface area contributed by atoms with Gasteiger partial charge in [-0.3, -0.25) is 4.79 Å². The van der Waals surface area contributed by atoms with Crippen LogP contribution in [-0.4, -0.2) is 61.6 Å². The topological polar surface area (TPSA) is 61.9 Å². The molecule has 1 aliphatic rings. The molecule has 1 heterocycles. The zero-order valence-corrected chi connectivity index (χ0v) is 15.2. The van der Waals surface area contributed by atoms with Crippen LogP contribution in [0.3, 0.4) is 0 Å². The molecule has 1 aliphatic heterocycles. The standard InChI is InChI=1S/C17H24ClN3O3/c1-4-5-19-17(23)21-8-6-20(7-9-21)16(22)14-11-13(18)10-12(2)15(14)24-3/h10-11H,4-9H2,1-3H3,(H,19,23). The van der Waals surface area contributed by atoms with Crippen molar-refractivity contribution in [3.8, 4) is 5.75 Å². The van der Waals surface area contributed by atoms with E-state index in [0.717, 1.165) is 12.0 Å². The van der Waals surface area contributed by atoms with Gasteiger partial charge in [-0.1, -0.05) is 18.5 Å². The molecule has 1 aromatic carbocycles. The second kappa shape index (κ2) is 8.24. The number of halogens is 1. The Hall–Kier alpha value is -1.95.